The monoisotopic (exact) mass is 412 g/mol. The number of methoxy groups -OCH3 is 1. The molecule has 0 bridgehead atoms. The number of hydrogen-bond donors (Lipinski definition) is 1. The molecule has 1 aromatic carbocycles. The van der Waals surface area contributed by atoms with E-state index in [9.17, 15) is 13.2 Å². The Kier molecular flexibility index (Phi) is 6.09. The highest BCUT2D eigenvalue weighted by molar-refractivity contribution is 9.10. The van der Waals surface area contributed by atoms with Crippen LogP contribution in [-0.4, -0.2) is 32.4 Å². The van der Waals surface area contributed by atoms with E-state index in [1.165, 1.54) is 13.2 Å². The number of ether oxygens (including phenoxy) is 1. The summed E-state index contributed by atoms with van der Waals surface area (Å²) in [7, 11) is -2.28. The van der Waals surface area contributed by atoms with Gasteiger partial charge in [-0.05, 0) is 36.8 Å². The lowest BCUT2D eigenvalue weighted by molar-refractivity contribution is 0.0950. The Morgan fingerprint density at radius 3 is 2.71 bits per heavy atom. The summed E-state index contributed by atoms with van der Waals surface area (Å²) in [6.45, 7) is 1.92. The molecule has 2 aromatic rings. The summed E-state index contributed by atoms with van der Waals surface area (Å²) in [6.07, 6.45) is 1.63. The molecule has 0 saturated carbocycles. The van der Waals surface area contributed by atoms with Crippen molar-refractivity contribution < 1.29 is 17.9 Å². The summed E-state index contributed by atoms with van der Waals surface area (Å²) < 4.78 is 29.9. The van der Waals surface area contributed by atoms with E-state index < -0.39 is 15.8 Å². The molecule has 0 unspecified atom stereocenters. The molecule has 0 aliphatic heterocycles. The molecule has 0 radical (unpaired) electrons. The van der Waals surface area contributed by atoms with Gasteiger partial charge in [0.2, 0.25) is 9.84 Å². The van der Waals surface area contributed by atoms with Gasteiger partial charge in [-0.15, -0.1) is 0 Å². The first-order valence-electron chi connectivity index (χ1n) is 7.04. The van der Waals surface area contributed by atoms with E-state index in [2.05, 4.69) is 26.2 Å². The normalized spacial score (nSPS) is 11.3. The Bertz CT molecular complexity index is 853. The lowest BCUT2D eigenvalue weighted by atomic mass is 10.1. The molecule has 128 valence electrons. The number of aryl methyl sites for hydroxylation is 1. The van der Waals surface area contributed by atoms with Crippen LogP contribution in [0.5, 0.6) is 0 Å². The van der Waals surface area contributed by atoms with E-state index in [1.807, 2.05) is 0 Å². The van der Waals surface area contributed by atoms with Gasteiger partial charge >= 0.3 is 0 Å². The number of carbonyl (C=O) groups excluding carboxylic acids is 1. The molecule has 0 atom stereocenters. The van der Waals surface area contributed by atoms with Crippen molar-refractivity contribution in [2.24, 2.45) is 0 Å². The Hall–Kier alpha value is -1.77. The molecule has 1 aromatic heterocycles. The van der Waals surface area contributed by atoms with Gasteiger partial charge < -0.3 is 10.1 Å². The fourth-order valence-electron chi connectivity index (χ4n) is 2.11. The predicted octanol–water partition coefficient (Wildman–Crippen LogP) is 2.46. The molecule has 8 heteroatoms. The first-order chi connectivity index (χ1) is 11.3. The van der Waals surface area contributed by atoms with E-state index in [-0.39, 0.29) is 22.9 Å². The highest BCUT2D eigenvalue weighted by Crippen LogP contribution is 2.19. The van der Waals surface area contributed by atoms with Gasteiger partial charge in [0.15, 0.2) is 5.94 Å². The second-order valence-corrected chi connectivity index (χ2v) is 7.97. The molecular weight excluding hydrogens is 396 g/mol. The molecule has 0 saturated heterocycles. The van der Waals surface area contributed by atoms with E-state index in [4.69, 9.17) is 4.74 Å². The van der Waals surface area contributed by atoms with Crippen molar-refractivity contribution in [2.45, 2.75) is 18.4 Å². The van der Waals surface area contributed by atoms with Crippen LogP contribution < -0.4 is 5.32 Å². The van der Waals surface area contributed by atoms with E-state index in [0.29, 0.717) is 11.3 Å². The number of pyridine rings is 1. The number of sulfone groups is 1. The van der Waals surface area contributed by atoms with Crippen molar-refractivity contribution in [3.05, 3.63) is 57.8 Å². The number of aromatic nitrogens is 1. The average molecular weight is 413 g/mol. The van der Waals surface area contributed by atoms with Crippen LogP contribution in [0.4, 0.5) is 0 Å². The van der Waals surface area contributed by atoms with Crippen LogP contribution in [0.3, 0.4) is 0 Å². The van der Waals surface area contributed by atoms with Crippen LogP contribution in [0.1, 0.15) is 21.6 Å². The van der Waals surface area contributed by atoms with Gasteiger partial charge in [0.25, 0.3) is 5.91 Å². The van der Waals surface area contributed by atoms with Gasteiger partial charge in [0.05, 0.1) is 17.1 Å². The van der Waals surface area contributed by atoms with Gasteiger partial charge in [-0.3, -0.25) is 9.78 Å². The number of amides is 1. The fourth-order valence-corrected chi connectivity index (χ4v) is 3.80. The number of nitrogens with zero attached hydrogens (tertiary/aromatic N) is 1. The Morgan fingerprint density at radius 2 is 2.04 bits per heavy atom. The summed E-state index contributed by atoms with van der Waals surface area (Å²) in [5.74, 6) is -0.799. The molecule has 0 fully saturated rings. The summed E-state index contributed by atoms with van der Waals surface area (Å²) in [6, 6.07) is 8.15. The second kappa shape index (κ2) is 7.87. The van der Waals surface area contributed by atoms with Crippen molar-refractivity contribution in [1.29, 1.82) is 0 Å². The Morgan fingerprint density at radius 1 is 1.29 bits per heavy atom. The van der Waals surface area contributed by atoms with Crippen molar-refractivity contribution in [3.8, 4) is 0 Å². The highest BCUT2D eigenvalue weighted by atomic mass is 79.9. The summed E-state index contributed by atoms with van der Waals surface area (Å²) in [5.41, 5.74) is 1.53. The Labute approximate surface area is 149 Å². The minimum absolute atomic E-state index is 0.0950. The van der Waals surface area contributed by atoms with Crippen LogP contribution in [0, 0.1) is 6.92 Å². The minimum Gasteiger partial charge on any atom is -0.368 e. The van der Waals surface area contributed by atoms with Gasteiger partial charge in [0.1, 0.15) is 0 Å². The topological polar surface area (TPSA) is 85.4 Å². The first kappa shape index (κ1) is 18.6. The third kappa shape index (κ3) is 4.62. The van der Waals surface area contributed by atoms with Crippen LogP contribution in [-0.2, 0) is 21.1 Å². The number of halogens is 1. The maximum Gasteiger partial charge on any atom is 0.251 e. The number of benzene rings is 1. The van der Waals surface area contributed by atoms with Crippen molar-refractivity contribution in [1.82, 2.24) is 10.3 Å². The zero-order valence-corrected chi connectivity index (χ0v) is 15.6. The van der Waals surface area contributed by atoms with Gasteiger partial charge in [-0.25, -0.2) is 8.42 Å². The molecule has 0 spiro atoms. The summed E-state index contributed by atoms with van der Waals surface area (Å²) in [4.78, 5) is 16.5. The van der Waals surface area contributed by atoms with E-state index in [0.717, 1.165) is 4.47 Å². The third-order valence-electron chi connectivity index (χ3n) is 3.27. The van der Waals surface area contributed by atoms with Crippen molar-refractivity contribution in [3.63, 3.8) is 0 Å². The number of hydrogen-bond acceptors (Lipinski definition) is 5. The molecule has 1 amide bonds. The summed E-state index contributed by atoms with van der Waals surface area (Å²) >= 11 is 3.34. The predicted molar refractivity (Wildman–Crippen MR) is 93.3 cm³/mol. The van der Waals surface area contributed by atoms with E-state index >= 15 is 0 Å². The van der Waals surface area contributed by atoms with Gasteiger partial charge in [-0.2, -0.15) is 0 Å². The Balaban J connectivity index is 2.18. The molecule has 24 heavy (non-hydrogen) atoms. The quantitative estimate of drug-likeness (QED) is 0.787. The van der Waals surface area contributed by atoms with Crippen LogP contribution in [0.2, 0.25) is 0 Å². The van der Waals surface area contributed by atoms with Crippen LogP contribution >= 0.6 is 15.9 Å². The maximum atomic E-state index is 12.3. The molecule has 0 aliphatic rings. The van der Waals surface area contributed by atoms with Gasteiger partial charge in [-0.1, -0.05) is 22.0 Å². The minimum atomic E-state index is -3.59. The standard InChI is InChI=1S/C16H17BrN2O4S/c1-11-3-4-12(7-15(11)24(21,22)10-23-2)16(20)19-9-14-8-13(17)5-6-18-14/h3-8H,9-10H2,1-2H3,(H,19,20). The number of nitrogens with one attached hydrogen (secondary N) is 1. The molecule has 2 rings (SSSR count). The first-order valence-corrected chi connectivity index (χ1v) is 9.49. The molecule has 1 N–H and O–H groups in total. The van der Waals surface area contributed by atoms with Crippen molar-refractivity contribution >= 4 is 31.7 Å². The average Bonchev–Trinajstić information content (AvgIpc) is 2.53. The zero-order valence-electron chi connectivity index (χ0n) is 13.2. The molecule has 0 aliphatic carbocycles. The molecular formula is C16H17BrN2O4S. The summed E-state index contributed by atoms with van der Waals surface area (Å²) in [5, 5.41) is 2.72. The molecule has 1 heterocycles. The van der Waals surface area contributed by atoms with Crippen LogP contribution in [0.15, 0.2) is 45.9 Å². The maximum absolute atomic E-state index is 12.3. The smallest absolute Gasteiger partial charge is 0.251 e. The fraction of sp³-hybridized carbons (Fsp3) is 0.250. The largest absolute Gasteiger partial charge is 0.368 e. The highest BCUT2D eigenvalue weighted by Gasteiger charge is 2.19. The number of carbonyl (C=O) groups is 1. The molecule has 6 nitrogen and oxygen atoms in total. The zero-order chi connectivity index (χ0) is 17.7. The van der Waals surface area contributed by atoms with Gasteiger partial charge in [0, 0.05) is 23.3 Å². The van der Waals surface area contributed by atoms with E-state index in [1.54, 1.807) is 37.4 Å². The number of rotatable bonds is 6. The third-order valence-corrected chi connectivity index (χ3v) is 5.42. The van der Waals surface area contributed by atoms with Crippen LogP contribution in [0.25, 0.3) is 0 Å². The van der Waals surface area contributed by atoms with Crippen molar-refractivity contribution in [2.75, 3.05) is 13.0 Å². The lowest BCUT2D eigenvalue weighted by Crippen LogP contribution is -2.23. The SMILES string of the molecule is COCS(=O)(=O)c1cc(C(=O)NCc2cc(Br)ccn2)ccc1C. The lowest BCUT2D eigenvalue weighted by Gasteiger charge is -2.10. The second-order valence-electron chi connectivity index (χ2n) is 5.15.